The lowest BCUT2D eigenvalue weighted by atomic mass is 9.82. The number of carbonyl (C=O) groups is 1. The van der Waals surface area contributed by atoms with E-state index in [1.807, 2.05) is 12.1 Å². The van der Waals surface area contributed by atoms with E-state index in [2.05, 4.69) is 86.9 Å². The number of hydrogen-bond acceptors (Lipinski definition) is 3. The number of anilines is 2. The van der Waals surface area contributed by atoms with Gasteiger partial charge in [-0.2, -0.15) is 10.0 Å². The highest BCUT2D eigenvalue weighted by molar-refractivity contribution is 8.32. The predicted molar refractivity (Wildman–Crippen MR) is 132 cm³/mol. The van der Waals surface area contributed by atoms with Crippen molar-refractivity contribution in [2.45, 2.75) is 15.7 Å². The molecule has 0 radical (unpaired) electrons. The molecule has 0 saturated heterocycles. The lowest BCUT2D eigenvalue weighted by Crippen LogP contribution is -2.21. The van der Waals surface area contributed by atoms with Crippen LogP contribution in [-0.4, -0.2) is 51.8 Å². The zero-order chi connectivity index (χ0) is 22.5. The van der Waals surface area contributed by atoms with E-state index < -0.39 is 16.0 Å². The van der Waals surface area contributed by atoms with Crippen LogP contribution in [0.2, 0.25) is 0 Å². The van der Waals surface area contributed by atoms with Gasteiger partial charge >= 0.3 is 5.97 Å². The van der Waals surface area contributed by atoms with Crippen molar-refractivity contribution < 1.29 is 9.90 Å². The number of aromatic carboxylic acids is 1. The first-order valence-corrected chi connectivity index (χ1v) is 12.8. The van der Waals surface area contributed by atoms with E-state index in [0.717, 1.165) is 16.9 Å². The highest BCUT2D eigenvalue weighted by Crippen LogP contribution is 2.66. The van der Waals surface area contributed by atoms with E-state index in [9.17, 15) is 9.90 Å². The van der Waals surface area contributed by atoms with Crippen LogP contribution in [0, 0.1) is 0 Å². The van der Waals surface area contributed by atoms with Crippen molar-refractivity contribution in [2.24, 2.45) is 0 Å². The van der Waals surface area contributed by atoms with Gasteiger partial charge in [0.25, 0.3) is 0 Å². The second-order valence-electron chi connectivity index (χ2n) is 8.89. The molecule has 31 heavy (non-hydrogen) atoms. The van der Waals surface area contributed by atoms with Crippen LogP contribution in [0.1, 0.15) is 33.0 Å². The predicted octanol–water partition coefficient (Wildman–Crippen LogP) is 5.49. The fourth-order valence-corrected chi connectivity index (χ4v) is 7.15. The highest BCUT2D eigenvalue weighted by Gasteiger charge is 2.37. The molecule has 0 bridgehead atoms. The molecular formula is C26H30N2O2S. The average Bonchev–Trinajstić information content (AvgIpc) is 2.73. The molecule has 0 unspecified atom stereocenters. The molecule has 1 N–H and O–H groups in total. The third-order valence-corrected chi connectivity index (χ3v) is 9.16. The average molecular weight is 435 g/mol. The number of hydrogen-bond donors (Lipinski definition) is 1. The third-order valence-electron chi connectivity index (χ3n) is 6.25. The van der Waals surface area contributed by atoms with E-state index in [1.165, 1.54) is 20.9 Å². The largest absolute Gasteiger partial charge is 0.478 e. The van der Waals surface area contributed by atoms with Crippen LogP contribution >= 0.6 is 10.0 Å². The van der Waals surface area contributed by atoms with Crippen molar-refractivity contribution >= 4 is 27.4 Å². The summed E-state index contributed by atoms with van der Waals surface area (Å²) in [6.45, 7) is 0. The Balaban J connectivity index is 2.07. The van der Waals surface area contributed by atoms with E-state index in [-0.39, 0.29) is 5.92 Å². The minimum Gasteiger partial charge on any atom is -0.478 e. The SMILES string of the molecule is CN(C)c1ccc2c(c1)S(C)(C)c1cc(N(C)C)ccc1C2c1ccccc1C(=O)O. The van der Waals surface area contributed by atoms with Crippen LogP contribution < -0.4 is 9.80 Å². The zero-order valence-corrected chi connectivity index (χ0v) is 19.8. The summed E-state index contributed by atoms with van der Waals surface area (Å²) in [7, 11) is 6.94. The Kier molecular flexibility index (Phi) is 5.26. The Bertz CT molecular complexity index is 1110. The summed E-state index contributed by atoms with van der Waals surface area (Å²) in [4.78, 5) is 19.0. The molecule has 0 atom stereocenters. The Morgan fingerprint density at radius 3 is 1.71 bits per heavy atom. The summed E-state index contributed by atoms with van der Waals surface area (Å²) in [6, 6.07) is 20.7. The second-order valence-corrected chi connectivity index (χ2v) is 12.4. The summed E-state index contributed by atoms with van der Waals surface area (Å²) < 4.78 is 0. The maximum Gasteiger partial charge on any atom is 0.335 e. The first-order chi connectivity index (χ1) is 14.6. The van der Waals surface area contributed by atoms with Gasteiger partial charge in [0.15, 0.2) is 0 Å². The standard InChI is InChI=1S/C26H30N2O2S/c1-27(2)17-11-13-21-23(15-17)31(5,6)24-16-18(28(3)4)12-14-22(24)25(21)19-9-7-8-10-20(19)26(29)30/h7-16,25H,1-6H3,(H,29,30). The highest BCUT2D eigenvalue weighted by atomic mass is 32.3. The number of carboxylic acid groups (broad SMARTS) is 1. The molecule has 0 saturated carbocycles. The molecule has 1 heterocycles. The van der Waals surface area contributed by atoms with Gasteiger partial charge in [-0.3, -0.25) is 0 Å². The monoisotopic (exact) mass is 434 g/mol. The van der Waals surface area contributed by atoms with Crippen molar-refractivity contribution in [3.05, 3.63) is 82.9 Å². The number of nitrogens with zero attached hydrogens (tertiary/aromatic N) is 2. The first-order valence-electron chi connectivity index (χ1n) is 10.3. The molecule has 0 fully saturated rings. The van der Waals surface area contributed by atoms with E-state index in [4.69, 9.17) is 0 Å². The number of rotatable bonds is 4. The van der Waals surface area contributed by atoms with Crippen LogP contribution in [0.4, 0.5) is 11.4 Å². The fourth-order valence-electron chi connectivity index (χ4n) is 4.53. The Labute approximate surface area is 186 Å². The molecule has 0 aromatic heterocycles. The maximum atomic E-state index is 12.1. The normalized spacial score (nSPS) is 15.5. The Hall–Kier alpha value is -2.92. The molecule has 5 heteroatoms. The van der Waals surface area contributed by atoms with Crippen LogP contribution in [0.3, 0.4) is 0 Å². The molecule has 1 aliphatic heterocycles. The van der Waals surface area contributed by atoms with E-state index in [0.29, 0.717) is 5.56 Å². The zero-order valence-electron chi connectivity index (χ0n) is 19.0. The number of fused-ring (bicyclic) bond motifs is 2. The lowest BCUT2D eigenvalue weighted by Gasteiger charge is -2.44. The van der Waals surface area contributed by atoms with Gasteiger partial charge in [-0.25, -0.2) is 4.79 Å². The maximum absolute atomic E-state index is 12.1. The van der Waals surface area contributed by atoms with Gasteiger partial charge < -0.3 is 14.9 Å². The van der Waals surface area contributed by atoms with Gasteiger partial charge in [0, 0.05) is 45.5 Å². The molecule has 4 nitrogen and oxygen atoms in total. The smallest absolute Gasteiger partial charge is 0.335 e. The quantitative estimate of drug-likeness (QED) is 0.589. The summed E-state index contributed by atoms with van der Waals surface area (Å²) in [6.07, 6.45) is 4.70. The molecule has 3 aromatic rings. The summed E-state index contributed by atoms with van der Waals surface area (Å²) in [5.41, 5.74) is 5.97. The molecule has 4 rings (SSSR count). The Morgan fingerprint density at radius 1 is 0.774 bits per heavy atom. The lowest BCUT2D eigenvalue weighted by molar-refractivity contribution is 0.0695. The molecule has 162 valence electrons. The molecule has 1 aliphatic rings. The molecule has 0 aliphatic carbocycles. The molecule has 3 aromatic carbocycles. The van der Waals surface area contributed by atoms with E-state index in [1.54, 1.807) is 12.1 Å². The van der Waals surface area contributed by atoms with Gasteiger partial charge in [-0.05, 0) is 69.3 Å². The van der Waals surface area contributed by atoms with Gasteiger partial charge in [0.1, 0.15) is 0 Å². The van der Waals surface area contributed by atoms with Crippen LogP contribution in [0.5, 0.6) is 0 Å². The van der Waals surface area contributed by atoms with Gasteiger partial charge in [0.05, 0.1) is 5.56 Å². The fraction of sp³-hybridized carbons (Fsp3) is 0.269. The minimum atomic E-state index is -1.29. The molecule has 0 spiro atoms. The van der Waals surface area contributed by atoms with Crippen molar-refractivity contribution in [2.75, 3.05) is 50.5 Å². The van der Waals surface area contributed by atoms with Crippen molar-refractivity contribution in [1.82, 2.24) is 0 Å². The number of carboxylic acids is 1. The second kappa shape index (κ2) is 7.65. The van der Waals surface area contributed by atoms with E-state index >= 15 is 0 Å². The number of benzene rings is 3. The molecule has 0 amide bonds. The van der Waals surface area contributed by atoms with Crippen molar-refractivity contribution in [3.63, 3.8) is 0 Å². The van der Waals surface area contributed by atoms with Gasteiger partial charge in [0.2, 0.25) is 0 Å². The molecular weight excluding hydrogens is 404 g/mol. The first kappa shape index (κ1) is 21.3. The van der Waals surface area contributed by atoms with Gasteiger partial charge in [-0.15, -0.1) is 0 Å². The van der Waals surface area contributed by atoms with Crippen LogP contribution in [0.25, 0.3) is 0 Å². The summed E-state index contributed by atoms with van der Waals surface area (Å²) >= 11 is 0. The topological polar surface area (TPSA) is 43.8 Å². The van der Waals surface area contributed by atoms with Crippen molar-refractivity contribution in [1.29, 1.82) is 0 Å². The van der Waals surface area contributed by atoms with Gasteiger partial charge in [-0.1, -0.05) is 30.3 Å². The van der Waals surface area contributed by atoms with Crippen molar-refractivity contribution in [3.8, 4) is 0 Å². The van der Waals surface area contributed by atoms with Crippen LogP contribution in [-0.2, 0) is 0 Å². The third kappa shape index (κ3) is 3.47. The van der Waals surface area contributed by atoms with Crippen LogP contribution in [0.15, 0.2) is 70.5 Å². The summed E-state index contributed by atoms with van der Waals surface area (Å²) in [5, 5.41) is 9.92. The minimum absolute atomic E-state index is 0.106. The summed E-state index contributed by atoms with van der Waals surface area (Å²) in [5.74, 6) is -0.990. The Morgan fingerprint density at radius 2 is 1.26 bits per heavy atom.